The van der Waals surface area contributed by atoms with Crippen molar-refractivity contribution in [2.24, 2.45) is 0 Å². The van der Waals surface area contributed by atoms with Crippen LogP contribution in [0.3, 0.4) is 0 Å². The first kappa shape index (κ1) is 13.0. The number of carboxylic acids is 1. The van der Waals surface area contributed by atoms with Crippen molar-refractivity contribution in [2.75, 3.05) is 11.4 Å². The lowest BCUT2D eigenvalue weighted by Gasteiger charge is -2.14. The summed E-state index contributed by atoms with van der Waals surface area (Å²) in [7, 11) is 0. The largest absolute Gasteiger partial charge is 0.475 e. The summed E-state index contributed by atoms with van der Waals surface area (Å²) >= 11 is 0. The molecule has 98 valence electrons. The first-order valence-electron chi connectivity index (χ1n) is 5.83. The summed E-state index contributed by atoms with van der Waals surface area (Å²) in [6.07, 6.45) is 2.59. The number of nitrogens with zero attached hydrogens (tertiary/aromatic N) is 1. The van der Waals surface area contributed by atoms with E-state index in [1.54, 1.807) is 4.90 Å². The summed E-state index contributed by atoms with van der Waals surface area (Å²) in [6.45, 7) is 1.91. The summed E-state index contributed by atoms with van der Waals surface area (Å²) < 4.78 is 0. The van der Waals surface area contributed by atoms with E-state index in [-0.39, 0.29) is 11.8 Å². The highest BCUT2D eigenvalue weighted by Gasteiger charge is 2.28. The molecule has 1 unspecified atom stereocenters. The Morgan fingerprint density at radius 1 is 1.32 bits per heavy atom. The number of hydrogen-bond acceptors (Lipinski definition) is 3. The van der Waals surface area contributed by atoms with E-state index in [0.29, 0.717) is 6.54 Å². The van der Waals surface area contributed by atoms with Crippen molar-refractivity contribution < 1.29 is 19.5 Å². The molecule has 1 N–H and O–H groups in total. The average Bonchev–Trinajstić information content (AvgIpc) is 2.75. The van der Waals surface area contributed by atoms with Crippen LogP contribution in [0.2, 0.25) is 0 Å². The van der Waals surface area contributed by atoms with E-state index in [9.17, 15) is 14.4 Å². The molecule has 1 aliphatic heterocycles. The zero-order valence-electron chi connectivity index (χ0n) is 10.4. The molecule has 2 rings (SSSR count). The van der Waals surface area contributed by atoms with Crippen LogP contribution in [0.4, 0.5) is 5.69 Å². The lowest BCUT2D eigenvalue weighted by Crippen LogP contribution is -2.26. The molecule has 1 heterocycles. The van der Waals surface area contributed by atoms with Crippen molar-refractivity contribution in [3.05, 3.63) is 42.0 Å². The molecule has 0 saturated heterocycles. The number of benzene rings is 1. The summed E-state index contributed by atoms with van der Waals surface area (Å²) in [4.78, 5) is 34.7. The third-order valence-corrected chi connectivity index (χ3v) is 3.08. The van der Waals surface area contributed by atoms with Crippen molar-refractivity contribution in [2.45, 2.75) is 12.8 Å². The molecule has 0 fully saturated rings. The second-order valence-electron chi connectivity index (χ2n) is 4.32. The second-order valence-corrected chi connectivity index (χ2v) is 4.32. The molecule has 0 saturated carbocycles. The molecule has 1 aromatic rings. The van der Waals surface area contributed by atoms with Gasteiger partial charge in [0.15, 0.2) is 0 Å². The Labute approximate surface area is 110 Å². The normalized spacial score (nSPS) is 17.5. The zero-order chi connectivity index (χ0) is 14.0. The third kappa shape index (κ3) is 2.54. The summed E-state index contributed by atoms with van der Waals surface area (Å²) in [6, 6.07) is 7.40. The average molecular weight is 259 g/mol. The fourth-order valence-corrected chi connectivity index (χ4v) is 2.18. The highest BCUT2D eigenvalue weighted by Crippen LogP contribution is 2.36. The van der Waals surface area contributed by atoms with Gasteiger partial charge in [0.25, 0.3) is 5.78 Å². The van der Waals surface area contributed by atoms with Gasteiger partial charge in [-0.2, -0.15) is 0 Å². The Bertz CT molecular complexity index is 577. The number of anilines is 1. The van der Waals surface area contributed by atoms with Crippen LogP contribution in [0.15, 0.2) is 36.4 Å². The molecule has 1 aliphatic rings. The summed E-state index contributed by atoms with van der Waals surface area (Å²) in [5.74, 6) is -2.67. The maximum atomic E-state index is 11.5. The van der Waals surface area contributed by atoms with Crippen molar-refractivity contribution >= 4 is 23.3 Å². The molecule has 1 amide bonds. The van der Waals surface area contributed by atoms with E-state index in [1.165, 1.54) is 13.0 Å². The van der Waals surface area contributed by atoms with Gasteiger partial charge < -0.3 is 10.0 Å². The highest BCUT2D eigenvalue weighted by molar-refractivity contribution is 6.37. The van der Waals surface area contributed by atoms with Crippen LogP contribution in [0.5, 0.6) is 0 Å². The number of hydrogen-bond donors (Lipinski definition) is 1. The molecular weight excluding hydrogens is 246 g/mol. The Balaban J connectivity index is 2.28. The number of carbonyl (C=O) groups excluding carboxylic acids is 2. The fraction of sp³-hybridized carbons (Fsp3) is 0.214. The van der Waals surface area contributed by atoms with E-state index in [0.717, 1.165) is 17.3 Å². The summed E-state index contributed by atoms with van der Waals surface area (Å²) in [5, 5.41) is 8.53. The number of ketones is 1. The van der Waals surface area contributed by atoms with Gasteiger partial charge in [0.05, 0.1) is 0 Å². The number of rotatable bonds is 3. The lowest BCUT2D eigenvalue weighted by molar-refractivity contribution is -0.146. The lowest BCUT2D eigenvalue weighted by atomic mass is 10.0. The topological polar surface area (TPSA) is 74.7 Å². The van der Waals surface area contributed by atoms with E-state index < -0.39 is 11.8 Å². The first-order chi connectivity index (χ1) is 9.00. The molecule has 0 bridgehead atoms. The number of fused-ring (bicyclic) bond motifs is 1. The Morgan fingerprint density at radius 3 is 2.63 bits per heavy atom. The third-order valence-electron chi connectivity index (χ3n) is 3.08. The highest BCUT2D eigenvalue weighted by atomic mass is 16.4. The molecule has 5 nitrogen and oxygen atoms in total. The maximum Gasteiger partial charge on any atom is 0.376 e. The molecule has 19 heavy (non-hydrogen) atoms. The molecule has 0 spiro atoms. The second kappa shape index (κ2) is 5.06. The van der Waals surface area contributed by atoms with Gasteiger partial charge in [-0.15, -0.1) is 0 Å². The molecule has 0 aliphatic carbocycles. The minimum Gasteiger partial charge on any atom is -0.475 e. The van der Waals surface area contributed by atoms with Gasteiger partial charge in [0.2, 0.25) is 5.91 Å². The molecule has 0 radical (unpaired) electrons. The van der Waals surface area contributed by atoms with E-state index in [2.05, 4.69) is 0 Å². The van der Waals surface area contributed by atoms with Gasteiger partial charge in [0, 0.05) is 25.1 Å². The van der Waals surface area contributed by atoms with Crippen LogP contribution in [0.25, 0.3) is 0 Å². The maximum absolute atomic E-state index is 11.5. The fourth-order valence-electron chi connectivity index (χ4n) is 2.18. The van der Waals surface area contributed by atoms with Crippen LogP contribution in [0, 0.1) is 0 Å². The van der Waals surface area contributed by atoms with Crippen LogP contribution >= 0.6 is 0 Å². The van der Waals surface area contributed by atoms with E-state index in [4.69, 9.17) is 5.11 Å². The van der Waals surface area contributed by atoms with Crippen molar-refractivity contribution in [3.8, 4) is 0 Å². The molecular formula is C14H13NO4. The number of para-hydroxylation sites is 1. The van der Waals surface area contributed by atoms with Crippen molar-refractivity contribution in [3.63, 3.8) is 0 Å². The minimum absolute atomic E-state index is 0.0760. The zero-order valence-corrected chi connectivity index (χ0v) is 10.4. The predicted octanol–water partition coefficient (Wildman–Crippen LogP) is 1.35. The van der Waals surface area contributed by atoms with Crippen LogP contribution in [-0.4, -0.2) is 29.3 Å². The van der Waals surface area contributed by atoms with Gasteiger partial charge in [-0.1, -0.05) is 24.3 Å². The molecule has 1 atom stereocenters. The Kier molecular flexibility index (Phi) is 3.46. The van der Waals surface area contributed by atoms with Gasteiger partial charge in [-0.25, -0.2) is 4.79 Å². The Hall–Kier alpha value is -2.43. The quantitative estimate of drug-likeness (QED) is 0.656. The van der Waals surface area contributed by atoms with Gasteiger partial charge in [-0.05, 0) is 17.7 Å². The molecule has 0 aromatic heterocycles. The smallest absolute Gasteiger partial charge is 0.376 e. The van der Waals surface area contributed by atoms with Crippen LogP contribution < -0.4 is 4.90 Å². The van der Waals surface area contributed by atoms with Crippen molar-refractivity contribution in [1.82, 2.24) is 0 Å². The summed E-state index contributed by atoms with van der Waals surface area (Å²) in [5.41, 5.74) is 1.74. The molecule has 5 heteroatoms. The van der Waals surface area contributed by atoms with E-state index in [1.807, 2.05) is 24.3 Å². The number of amides is 1. The number of carbonyl (C=O) groups is 3. The van der Waals surface area contributed by atoms with Gasteiger partial charge >= 0.3 is 5.97 Å². The Morgan fingerprint density at radius 2 is 2.00 bits per heavy atom. The van der Waals surface area contributed by atoms with Crippen LogP contribution in [0.1, 0.15) is 18.4 Å². The number of carboxylic acid groups (broad SMARTS) is 1. The van der Waals surface area contributed by atoms with Gasteiger partial charge in [-0.3, -0.25) is 9.59 Å². The van der Waals surface area contributed by atoms with E-state index >= 15 is 0 Å². The van der Waals surface area contributed by atoms with Crippen LogP contribution in [-0.2, 0) is 14.4 Å². The standard InChI is InChI=1S/C14H13NO4/c1-9(16)15-8-10(6-7-13(17)14(18)19)11-4-2-3-5-12(11)15/h2-7,10H,8H2,1H3,(H,18,19)/b7-6+. The van der Waals surface area contributed by atoms with Gasteiger partial charge in [0.1, 0.15) is 0 Å². The minimum atomic E-state index is -1.48. The van der Waals surface area contributed by atoms with Crippen molar-refractivity contribution in [1.29, 1.82) is 0 Å². The predicted molar refractivity (Wildman–Crippen MR) is 69.0 cm³/mol. The number of aliphatic carboxylic acids is 1. The molecule has 1 aromatic carbocycles. The first-order valence-corrected chi connectivity index (χ1v) is 5.83. The monoisotopic (exact) mass is 259 g/mol. The SMILES string of the molecule is CC(=O)N1CC(/C=C/C(=O)C(=O)O)c2ccccc21.